The Kier molecular flexibility index (Phi) is 7.16. The van der Waals surface area contributed by atoms with E-state index in [0.717, 1.165) is 21.9 Å². The number of hydrogen-bond acceptors (Lipinski definition) is 4. The molecule has 0 bridgehead atoms. The normalized spacial score (nSPS) is 11.0. The van der Waals surface area contributed by atoms with E-state index in [0.29, 0.717) is 18.9 Å². The maximum absolute atomic E-state index is 11.9. The third-order valence-corrected chi connectivity index (χ3v) is 4.40. The fourth-order valence-electron chi connectivity index (χ4n) is 2.85. The molecule has 0 spiro atoms. The highest BCUT2D eigenvalue weighted by Gasteiger charge is 2.13. The van der Waals surface area contributed by atoms with E-state index in [1.807, 2.05) is 80.6 Å². The standard InChI is InChI=1S/C24H25N3O3/c1-17(2)14-25-23(28)24(29)27-26-15-21-20-11-7-6-10-19(20)12-13-22(21)30-16-18-8-4-3-5-9-18/h3-13,15,17H,14,16H2,1-2H3,(H,25,28)(H,27,29)/b26-15-. The minimum Gasteiger partial charge on any atom is -0.488 e. The number of nitrogens with one attached hydrogen (secondary N) is 2. The van der Waals surface area contributed by atoms with Crippen LogP contribution in [0, 0.1) is 5.92 Å². The van der Waals surface area contributed by atoms with Crippen LogP contribution in [0.25, 0.3) is 10.8 Å². The number of benzene rings is 3. The Labute approximate surface area is 175 Å². The van der Waals surface area contributed by atoms with Gasteiger partial charge in [0.2, 0.25) is 0 Å². The van der Waals surface area contributed by atoms with Gasteiger partial charge >= 0.3 is 11.8 Å². The Bertz CT molecular complexity index is 1050. The van der Waals surface area contributed by atoms with Crippen molar-refractivity contribution in [3.05, 3.63) is 77.9 Å². The zero-order valence-corrected chi connectivity index (χ0v) is 17.1. The topological polar surface area (TPSA) is 79.8 Å². The molecule has 6 heteroatoms. The van der Waals surface area contributed by atoms with Gasteiger partial charge in [0.1, 0.15) is 12.4 Å². The van der Waals surface area contributed by atoms with Gasteiger partial charge in [-0.25, -0.2) is 5.43 Å². The second-order valence-corrected chi connectivity index (χ2v) is 7.28. The molecule has 0 atom stereocenters. The van der Waals surface area contributed by atoms with Gasteiger partial charge in [-0.1, -0.05) is 74.5 Å². The number of carbonyl (C=O) groups excluding carboxylic acids is 2. The Balaban J connectivity index is 1.77. The molecular weight excluding hydrogens is 378 g/mol. The zero-order valence-electron chi connectivity index (χ0n) is 17.1. The molecule has 0 saturated carbocycles. The van der Waals surface area contributed by atoms with Crippen LogP contribution in [-0.4, -0.2) is 24.6 Å². The van der Waals surface area contributed by atoms with Gasteiger partial charge in [-0.3, -0.25) is 9.59 Å². The molecule has 0 radical (unpaired) electrons. The van der Waals surface area contributed by atoms with Crippen molar-refractivity contribution in [2.75, 3.05) is 6.54 Å². The van der Waals surface area contributed by atoms with E-state index in [9.17, 15) is 9.59 Å². The van der Waals surface area contributed by atoms with Gasteiger partial charge in [0.05, 0.1) is 6.21 Å². The highest BCUT2D eigenvalue weighted by Crippen LogP contribution is 2.27. The number of rotatable bonds is 7. The maximum Gasteiger partial charge on any atom is 0.329 e. The maximum atomic E-state index is 11.9. The van der Waals surface area contributed by atoms with Crippen LogP contribution in [0.15, 0.2) is 71.8 Å². The lowest BCUT2D eigenvalue weighted by Crippen LogP contribution is -2.39. The summed E-state index contributed by atoms with van der Waals surface area (Å²) >= 11 is 0. The van der Waals surface area contributed by atoms with E-state index in [1.54, 1.807) is 0 Å². The predicted octanol–water partition coefficient (Wildman–Crippen LogP) is 3.64. The summed E-state index contributed by atoms with van der Waals surface area (Å²) in [5.74, 6) is -0.622. The molecule has 30 heavy (non-hydrogen) atoms. The summed E-state index contributed by atoms with van der Waals surface area (Å²) in [5, 5.41) is 8.51. The molecule has 2 N–H and O–H groups in total. The van der Waals surface area contributed by atoms with Crippen LogP contribution < -0.4 is 15.5 Å². The van der Waals surface area contributed by atoms with Crippen LogP contribution in [0.4, 0.5) is 0 Å². The summed E-state index contributed by atoms with van der Waals surface area (Å²) in [7, 11) is 0. The van der Waals surface area contributed by atoms with Crippen LogP contribution in [0.5, 0.6) is 5.75 Å². The first-order valence-electron chi connectivity index (χ1n) is 9.84. The largest absolute Gasteiger partial charge is 0.488 e. The van der Waals surface area contributed by atoms with Gasteiger partial charge in [-0.2, -0.15) is 5.10 Å². The fourth-order valence-corrected chi connectivity index (χ4v) is 2.85. The van der Waals surface area contributed by atoms with Crippen LogP contribution in [-0.2, 0) is 16.2 Å². The number of carbonyl (C=O) groups is 2. The first-order valence-corrected chi connectivity index (χ1v) is 9.84. The van der Waals surface area contributed by atoms with E-state index in [1.165, 1.54) is 6.21 Å². The first kappa shape index (κ1) is 21.0. The molecule has 0 heterocycles. The van der Waals surface area contributed by atoms with Gasteiger partial charge in [-0.15, -0.1) is 0 Å². The highest BCUT2D eigenvalue weighted by atomic mass is 16.5. The van der Waals surface area contributed by atoms with Gasteiger partial charge < -0.3 is 10.1 Å². The molecule has 0 aromatic heterocycles. The number of hydrazone groups is 1. The van der Waals surface area contributed by atoms with Crippen LogP contribution in [0.1, 0.15) is 25.0 Å². The first-order chi connectivity index (χ1) is 14.5. The molecule has 0 aliphatic rings. The Morgan fingerprint density at radius 3 is 2.47 bits per heavy atom. The summed E-state index contributed by atoms with van der Waals surface area (Å²) < 4.78 is 6.02. The average Bonchev–Trinajstić information content (AvgIpc) is 2.77. The summed E-state index contributed by atoms with van der Waals surface area (Å²) in [6.07, 6.45) is 1.51. The average molecular weight is 403 g/mol. The van der Waals surface area contributed by atoms with Crippen molar-refractivity contribution in [3.63, 3.8) is 0 Å². The van der Waals surface area contributed by atoms with Crippen LogP contribution >= 0.6 is 0 Å². The van der Waals surface area contributed by atoms with Crippen LogP contribution in [0.3, 0.4) is 0 Å². The predicted molar refractivity (Wildman–Crippen MR) is 118 cm³/mol. The second kappa shape index (κ2) is 10.2. The molecule has 2 amide bonds. The molecule has 0 saturated heterocycles. The molecule has 0 unspecified atom stereocenters. The summed E-state index contributed by atoms with van der Waals surface area (Å²) in [4.78, 5) is 23.7. The Morgan fingerprint density at radius 2 is 1.70 bits per heavy atom. The molecule has 0 aliphatic carbocycles. The molecule has 3 aromatic carbocycles. The smallest absolute Gasteiger partial charge is 0.329 e. The van der Waals surface area contributed by atoms with Crippen molar-refractivity contribution in [2.45, 2.75) is 20.5 Å². The number of hydrogen-bond donors (Lipinski definition) is 2. The van der Waals surface area contributed by atoms with E-state index in [-0.39, 0.29) is 5.92 Å². The number of nitrogens with zero attached hydrogens (tertiary/aromatic N) is 1. The zero-order chi connectivity index (χ0) is 21.3. The number of fused-ring (bicyclic) bond motifs is 1. The molecule has 0 aliphatic heterocycles. The lowest BCUT2D eigenvalue weighted by Gasteiger charge is -2.12. The minimum absolute atomic E-state index is 0.255. The highest BCUT2D eigenvalue weighted by molar-refractivity contribution is 6.35. The van der Waals surface area contributed by atoms with E-state index in [2.05, 4.69) is 15.8 Å². The van der Waals surface area contributed by atoms with Crippen LogP contribution in [0.2, 0.25) is 0 Å². The SMILES string of the molecule is CC(C)CNC(=O)C(=O)N/N=C\c1c(OCc2ccccc2)ccc2ccccc12. The minimum atomic E-state index is -0.807. The molecule has 6 nitrogen and oxygen atoms in total. The molecule has 154 valence electrons. The van der Waals surface area contributed by atoms with Crippen molar-refractivity contribution in [1.82, 2.24) is 10.7 Å². The van der Waals surface area contributed by atoms with E-state index < -0.39 is 11.8 Å². The van der Waals surface area contributed by atoms with Gasteiger partial charge in [-0.05, 0) is 28.3 Å². The second-order valence-electron chi connectivity index (χ2n) is 7.28. The lowest BCUT2D eigenvalue weighted by molar-refractivity contribution is -0.139. The molecule has 3 aromatic rings. The van der Waals surface area contributed by atoms with E-state index in [4.69, 9.17) is 4.74 Å². The van der Waals surface area contributed by atoms with Crippen molar-refractivity contribution in [2.24, 2.45) is 11.0 Å². The summed E-state index contributed by atoms with van der Waals surface area (Å²) in [6.45, 7) is 4.74. The summed E-state index contributed by atoms with van der Waals surface area (Å²) in [6, 6.07) is 21.5. The van der Waals surface area contributed by atoms with E-state index >= 15 is 0 Å². The van der Waals surface area contributed by atoms with Crippen molar-refractivity contribution >= 4 is 28.8 Å². The number of ether oxygens (including phenoxy) is 1. The van der Waals surface area contributed by atoms with Crippen molar-refractivity contribution in [1.29, 1.82) is 0 Å². The van der Waals surface area contributed by atoms with Gasteiger partial charge in [0, 0.05) is 12.1 Å². The lowest BCUT2D eigenvalue weighted by atomic mass is 10.0. The van der Waals surface area contributed by atoms with Gasteiger partial charge in [0.25, 0.3) is 0 Å². The monoisotopic (exact) mass is 403 g/mol. The van der Waals surface area contributed by atoms with Gasteiger partial charge in [0.15, 0.2) is 0 Å². The van der Waals surface area contributed by atoms with Crippen molar-refractivity contribution < 1.29 is 14.3 Å². The fraction of sp³-hybridized carbons (Fsp3) is 0.208. The Morgan fingerprint density at radius 1 is 0.967 bits per heavy atom. The molecule has 0 fully saturated rings. The Hall–Kier alpha value is -3.67. The number of amides is 2. The quantitative estimate of drug-likeness (QED) is 0.359. The summed E-state index contributed by atoms with van der Waals surface area (Å²) in [5.41, 5.74) is 4.06. The molecular formula is C24H25N3O3. The third-order valence-electron chi connectivity index (χ3n) is 4.40. The van der Waals surface area contributed by atoms with Crippen molar-refractivity contribution in [3.8, 4) is 5.75 Å². The third kappa shape index (κ3) is 5.67. The molecule has 3 rings (SSSR count).